The maximum Gasteiger partial charge on any atom is 0.209 e. The highest BCUT2D eigenvalue weighted by atomic mass is 32.2. The third-order valence-corrected chi connectivity index (χ3v) is 4.51. The third kappa shape index (κ3) is 3.26. The molecule has 0 saturated carbocycles. The van der Waals surface area contributed by atoms with Gasteiger partial charge in [0.15, 0.2) is 0 Å². The molecule has 1 saturated heterocycles. The van der Waals surface area contributed by atoms with Gasteiger partial charge in [0.1, 0.15) is 11.9 Å². The molecule has 0 aliphatic carbocycles. The van der Waals surface area contributed by atoms with Crippen molar-refractivity contribution in [2.75, 3.05) is 23.7 Å². The summed E-state index contributed by atoms with van der Waals surface area (Å²) < 4.78 is 22.3. The van der Waals surface area contributed by atoms with Gasteiger partial charge in [-0.1, -0.05) is 0 Å². The van der Waals surface area contributed by atoms with E-state index < -0.39 is 10.0 Å². The number of pyridine rings is 1. The minimum atomic E-state index is -3.43. The highest BCUT2D eigenvalue weighted by molar-refractivity contribution is 7.89. The molecule has 1 aromatic rings. The van der Waals surface area contributed by atoms with Crippen LogP contribution < -0.4 is 10.0 Å². The van der Waals surface area contributed by atoms with Gasteiger partial charge in [0.2, 0.25) is 10.0 Å². The normalized spacial score (nSPS) is 19.1. The van der Waals surface area contributed by atoms with Crippen molar-refractivity contribution in [1.29, 1.82) is 5.26 Å². The molecule has 1 fully saturated rings. The number of aryl methyl sites for hydroxylation is 2. The molecule has 2 N–H and O–H groups in total. The smallest absolute Gasteiger partial charge is 0.209 e. The lowest BCUT2D eigenvalue weighted by Gasteiger charge is -2.19. The number of primary sulfonamides is 1. The van der Waals surface area contributed by atoms with Gasteiger partial charge in [-0.15, -0.1) is 0 Å². The van der Waals surface area contributed by atoms with E-state index in [2.05, 4.69) is 16.0 Å². The zero-order chi connectivity index (χ0) is 14.9. The molecule has 1 unspecified atom stereocenters. The first-order valence-corrected chi connectivity index (χ1v) is 8.15. The van der Waals surface area contributed by atoms with Gasteiger partial charge >= 0.3 is 0 Å². The Bertz CT molecular complexity index is 640. The second kappa shape index (κ2) is 5.38. The fourth-order valence-electron chi connectivity index (χ4n) is 2.65. The SMILES string of the molecule is Cc1cc(N2CCC(CS(N)(=O)=O)C2)nc(C)c1C#N. The maximum absolute atomic E-state index is 11.1. The molecule has 0 spiro atoms. The molecule has 1 atom stereocenters. The molecule has 108 valence electrons. The van der Waals surface area contributed by atoms with E-state index in [1.165, 1.54) is 0 Å². The molecule has 0 aromatic carbocycles. The summed E-state index contributed by atoms with van der Waals surface area (Å²) in [5.41, 5.74) is 2.20. The molecule has 1 aromatic heterocycles. The van der Waals surface area contributed by atoms with Crippen LogP contribution in [0.5, 0.6) is 0 Å². The van der Waals surface area contributed by atoms with Crippen LogP contribution in [-0.4, -0.2) is 32.2 Å². The minimum Gasteiger partial charge on any atom is -0.356 e. The van der Waals surface area contributed by atoms with Crippen LogP contribution in [0.4, 0.5) is 5.82 Å². The molecular weight excluding hydrogens is 276 g/mol. The van der Waals surface area contributed by atoms with E-state index in [0.29, 0.717) is 17.8 Å². The summed E-state index contributed by atoms with van der Waals surface area (Å²) in [6.45, 7) is 5.09. The van der Waals surface area contributed by atoms with Crippen molar-refractivity contribution in [3.63, 3.8) is 0 Å². The number of nitrogens with two attached hydrogens (primary N) is 1. The Hall–Kier alpha value is -1.65. The lowest BCUT2D eigenvalue weighted by Crippen LogP contribution is -2.26. The molecule has 0 amide bonds. The Labute approximate surface area is 119 Å². The van der Waals surface area contributed by atoms with E-state index in [0.717, 1.165) is 24.3 Å². The zero-order valence-electron chi connectivity index (χ0n) is 11.6. The first-order chi connectivity index (χ1) is 9.30. The van der Waals surface area contributed by atoms with Crippen LogP contribution >= 0.6 is 0 Å². The average molecular weight is 294 g/mol. The Kier molecular flexibility index (Phi) is 3.97. The summed E-state index contributed by atoms with van der Waals surface area (Å²) in [6, 6.07) is 4.02. The fourth-order valence-corrected chi connectivity index (χ4v) is 3.58. The number of hydrogen-bond donors (Lipinski definition) is 1. The van der Waals surface area contributed by atoms with Gasteiger partial charge in [0, 0.05) is 13.1 Å². The quantitative estimate of drug-likeness (QED) is 0.883. The van der Waals surface area contributed by atoms with Crippen LogP contribution in [0.25, 0.3) is 0 Å². The van der Waals surface area contributed by atoms with Gasteiger partial charge in [-0.25, -0.2) is 18.5 Å². The first-order valence-electron chi connectivity index (χ1n) is 6.44. The number of nitriles is 1. The van der Waals surface area contributed by atoms with Crippen LogP contribution in [0.2, 0.25) is 0 Å². The maximum atomic E-state index is 11.1. The fraction of sp³-hybridized carbons (Fsp3) is 0.538. The third-order valence-electron chi connectivity index (χ3n) is 3.57. The predicted molar refractivity (Wildman–Crippen MR) is 76.7 cm³/mol. The molecule has 20 heavy (non-hydrogen) atoms. The van der Waals surface area contributed by atoms with Crippen molar-refractivity contribution in [2.45, 2.75) is 20.3 Å². The molecule has 0 radical (unpaired) electrons. The molecule has 7 heteroatoms. The summed E-state index contributed by atoms with van der Waals surface area (Å²) in [5.74, 6) is 0.858. The summed E-state index contributed by atoms with van der Waals surface area (Å²) in [6.07, 6.45) is 0.788. The summed E-state index contributed by atoms with van der Waals surface area (Å²) >= 11 is 0. The Morgan fingerprint density at radius 2 is 2.25 bits per heavy atom. The second-order valence-corrected chi connectivity index (χ2v) is 6.96. The first kappa shape index (κ1) is 14.8. The van der Waals surface area contributed by atoms with Crippen molar-refractivity contribution < 1.29 is 8.42 Å². The van der Waals surface area contributed by atoms with Crippen LogP contribution in [0.3, 0.4) is 0 Å². The van der Waals surface area contributed by atoms with Gasteiger partial charge in [0.25, 0.3) is 0 Å². The van der Waals surface area contributed by atoms with Gasteiger partial charge < -0.3 is 4.90 Å². The molecule has 0 bridgehead atoms. The number of hydrogen-bond acceptors (Lipinski definition) is 5. The number of anilines is 1. The predicted octanol–water partition coefficient (Wildman–Crippen LogP) is 0.685. The Balaban J connectivity index is 2.17. The molecule has 1 aliphatic heterocycles. The topological polar surface area (TPSA) is 100 Å². The highest BCUT2D eigenvalue weighted by Crippen LogP contribution is 2.25. The van der Waals surface area contributed by atoms with Crippen molar-refractivity contribution >= 4 is 15.8 Å². The Morgan fingerprint density at radius 1 is 1.55 bits per heavy atom. The van der Waals surface area contributed by atoms with Crippen LogP contribution in [0.15, 0.2) is 6.07 Å². The molecule has 2 rings (SSSR count). The second-order valence-electron chi connectivity index (χ2n) is 5.30. The average Bonchev–Trinajstić information content (AvgIpc) is 2.74. The number of aromatic nitrogens is 1. The number of rotatable bonds is 3. The van der Waals surface area contributed by atoms with Gasteiger partial charge in [-0.05, 0) is 37.8 Å². The van der Waals surface area contributed by atoms with Crippen molar-refractivity contribution in [1.82, 2.24) is 4.98 Å². The minimum absolute atomic E-state index is 0.0117. The lowest BCUT2D eigenvalue weighted by molar-refractivity contribution is 0.573. The highest BCUT2D eigenvalue weighted by Gasteiger charge is 2.27. The Morgan fingerprint density at radius 3 is 2.80 bits per heavy atom. The van der Waals surface area contributed by atoms with Gasteiger partial charge in [-0.3, -0.25) is 0 Å². The van der Waals surface area contributed by atoms with Gasteiger partial charge in [-0.2, -0.15) is 5.26 Å². The van der Waals surface area contributed by atoms with E-state index in [4.69, 9.17) is 10.4 Å². The van der Waals surface area contributed by atoms with E-state index in [-0.39, 0.29) is 11.7 Å². The van der Waals surface area contributed by atoms with Gasteiger partial charge in [0.05, 0.1) is 17.0 Å². The monoisotopic (exact) mass is 294 g/mol. The van der Waals surface area contributed by atoms with Crippen LogP contribution in [0.1, 0.15) is 23.2 Å². The van der Waals surface area contributed by atoms with Crippen LogP contribution in [0, 0.1) is 31.1 Å². The van der Waals surface area contributed by atoms with E-state index in [1.807, 2.05) is 19.9 Å². The van der Waals surface area contributed by atoms with Crippen molar-refractivity contribution in [2.24, 2.45) is 11.1 Å². The number of nitrogens with zero attached hydrogens (tertiary/aromatic N) is 3. The van der Waals surface area contributed by atoms with Crippen LogP contribution in [-0.2, 0) is 10.0 Å². The summed E-state index contributed by atoms with van der Waals surface area (Å²) in [7, 11) is -3.43. The molecule has 1 aliphatic rings. The van der Waals surface area contributed by atoms with Crippen molar-refractivity contribution in [3.05, 3.63) is 22.9 Å². The standard InChI is InChI=1S/C13H18N4O2S/c1-9-5-13(16-10(2)12(9)6-14)17-4-3-11(7-17)8-20(15,18)19/h5,11H,3-4,7-8H2,1-2H3,(H2,15,18,19). The summed E-state index contributed by atoms with van der Waals surface area (Å²) in [4.78, 5) is 6.49. The largest absolute Gasteiger partial charge is 0.356 e. The van der Waals surface area contributed by atoms with Crippen molar-refractivity contribution in [3.8, 4) is 6.07 Å². The van der Waals surface area contributed by atoms with E-state index in [1.54, 1.807) is 0 Å². The lowest BCUT2D eigenvalue weighted by atomic mass is 10.1. The molecule has 6 nitrogen and oxygen atoms in total. The summed E-state index contributed by atoms with van der Waals surface area (Å²) in [5, 5.41) is 14.1. The number of sulfonamides is 1. The van der Waals surface area contributed by atoms with E-state index in [9.17, 15) is 8.42 Å². The molecule has 2 heterocycles. The molecular formula is C13H18N4O2S. The zero-order valence-corrected chi connectivity index (χ0v) is 12.4. The van der Waals surface area contributed by atoms with E-state index >= 15 is 0 Å².